The first-order valence-corrected chi connectivity index (χ1v) is 13.1. The Kier molecular flexibility index (Phi) is 8.73. The molecule has 2 aromatic rings. The number of methoxy groups -OCH3 is 1. The number of pyridine rings is 1. The molecule has 1 fully saturated rings. The minimum atomic E-state index is -5.00. The Morgan fingerprint density at radius 1 is 1.20 bits per heavy atom. The molecule has 3 rings (SSSR count). The number of ether oxygens (including phenoxy) is 2. The molecular weight excluding hydrogens is 569 g/mol. The van der Waals surface area contributed by atoms with Crippen LogP contribution in [0.4, 0.5) is 33.5 Å². The Morgan fingerprint density at radius 3 is 2.40 bits per heavy atom. The zero-order valence-electron chi connectivity index (χ0n) is 21.3. The van der Waals surface area contributed by atoms with Crippen LogP contribution in [-0.2, 0) is 24.3 Å². The highest BCUT2D eigenvalue weighted by atomic mass is 32.2. The molecular formula is C23H26F5N5O6S. The number of aromatic nitrogens is 1. The molecule has 6 N–H and O–H groups in total. The molecule has 11 nitrogen and oxygen atoms in total. The van der Waals surface area contributed by atoms with Gasteiger partial charge in [0.05, 0.1) is 7.11 Å². The van der Waals surface area contributed by atoms with Crippen molar-refractivity contribution in [2.24, 2.45) is 16.8 Å². The van der Waals surface area contributed by atoms with E-state index < -0.39 is 74.0 Å². The second kappa shape index (κ2) is 11.2. The predicted octanol–water partition coefficient (Wildman–Crippen LogP) is 2.38. The van der Waals surface area contributed by atoms with E-state index in [2.05, 4.69) is 15.6 Å². The summed E-state index contributed by atoms with van der Waals surface area (Å²) in [5, 5.41) is 8.85. The summed E-state index contributed by atoms with van der Waals surface area (Å²) in [6.45, 7) is 1.79. The monoisotopic (exact) mass is 595 g/mol. The van der Waals surface area contributed by atoms with Crippen LogP contribution in [0.1, 0.15) is 31.7 Å². The lowest BCUT2D eigenvalue weighted by Crippen LogP contribution is -2.47. The number of primary sulfonamides is 1. The third-order valence-corrected chi connectivity index (χ3v) is 7.36. The zero-order chi connectivity index (χ0) is 30.2. The molecule has 0 spiro atoms. The van der Waals surface area contributed by atoms with E-state index in [-0.39, 0.29) is 30.0 Å². The summed E-state index contributed by atoms with van der Waals surface area (Å²) in [6, 6.07) is 3.49. The van der Waals surface area contributed by atoms with Gasteiger partial charge in [-0.2, -0.15) is 17.6 Å². The second-order valence-corrected chi connectivity index (χ2v) is 10.7. The van der Waals surface area contributed by atoms with Gasteiger partial charge in [0, 0.05) is 48.2 Å². The van der Waals surface area contributed by atoms with Gasteiger partial charge in [-0.25, -0.2) is 22.9 Å². The van der Waals surface area contributed by atoms with E-state index >= 15 is 0 Å². The standard InChI is InChI=1S/C23H26F5N5O6S/c1-10-17(12-4-5-13(24)18(25)19(12)38-3)20(39-22(10,2)23(26,27)28)21(35)31-11-8-14(32-15(34)6-7-29)33-16(9-11)40(30,36)37/h4-5,8-10,17,20H,6-7,29H2,1-3H3,(H2,30,36,37)(H2,31,32,33,34,35)/t10-,17-,20?,22+/m0/s1. The molecule has 1 aliphatic heterocycles. The lowest BCUT2D eigenvalue weighted by atomic mass is 9.77. The summed E-state index contributed by atoms with van der Waals surface area (Å²) in [7, 11) is -3.50. The Hall–Kier alpha value is -3.41. The van der Waals surface area contributed by atoms with E-state index in [9.17, 15) is 40.0 Å². The van der Waals surface area contributed by atoms with Crippen LogP contribution in [-0.4, -0.2) is 56.8 Å². The van der Waals surface area contributed by atoms with Gasteiger partial charge in [-0.1, -0.05) is 13.0 Å². The van der Waals surface area contributed by atoms with E-state index in [0.717, 1.165) is 32.2 Å². The number of carbonyl (C=O) groups excluding carboxylic acids is 2. The van der Waals surface area contributed by atoms with Crippen molar-refractivity contribution in [1.29, 1.82) is 0 Å². The quantitative estimate of drug-likeness (QED) is 0.336. The smallest absolute Gasteiger partial charge is 0.417 e. The van der Waals surface area contributed by atoms with E-state index in [1.54, 1.807) is 0 Å². The number of hydrogen-bond acceptors (Lipinski definition) is 8. The van der Waals surface area contributed by atoms with Gasteiger partial charge >= 0.3 is 6.18 Å². The highest BCUT2D eigenvalue weighted by Gasteiger charge is 2.66. The van der Waals surface area contributed by atoms with Crippen LogP contribution in [0.3, 0.4) is 0 Å². The van der Waals surface area contributed by atoms with Crippen LogP contribution >= 0.6 is 0 Å². The van der Waals surface area contributed by atoms with E-state index in [1.165, 1.54) is 0 Å². The minimum absolute atomic E-state index is 0.0473. The molecule has 2 heterocycles. The number of sulfonamides is 1. The molecule has 0 bridgehead atoms. The van der Waals surface area contributed by atoms with Gasteiger partial charge in [0.2, 0.25) is 11.7 Å². The van der Waals surface area contributed by atoms with Crippen LogP contribution in [0.2, 0.25) is 0 Å². The number of nitrogens with zero attached hydrogens (tertiary/aromatic N) is 1. The van der Waals surface area contributed by atoms with Gasteiger partial charge in [-0.3, -0.25) is 9.59 Å². The number of nitrogens with one attached hydrogen (secondary N) is 2. The molecule has 1 unspecified atom stereocenters. The summed E-state index contributed by atoms with van der Waals surface area (Å²) in [4.78, 5) is 29.0. The Labute approximate surface area is 225 Å². The summed E-state index contributed by atoms with van der Waals surface area (Å²) in [6.07, 6.45) is -7.12. The van der Waals surface area contributed by atoms with E-state index in [4.69, 9.17) is 20.3 Å². The second-order valence-electron chi connectivity index (χ2n) is 9.14. The number of nitrogens with two attached hydrogens (primary N) is 2. The van der Waals surface area contributed by atoms with Crippen molar-refractivity contribution in [2.45, 2.75) is 49.1 Å². The molecule has 0 aliphatic carbocycles. The maximum Gasteiger partial charge on any atom is 0.417 e. The van der Waals surface area contributed by atoms with Gasteiger partial charge in [0.15, 0.2) is 22.2 Å². The number of rotatable bonds is 8. The van der Waals surface area contributed by atoms with Crippen molar-refractivity contribution in [3.05, 3.63) is 41.5 Å². The number of carbonyl (C=O) groups is 2. The molecule has 0 radical (unpaired) electrons. The predicted molar refractivity (Wildman–Crippen MR) is 131 cm³/mol. The van der Waals surface area contributed by atoms with Gasteiger partial charge in [0.25, 0.3) is 15.9 Å². The fourth-order valence-corrected chi connectivity index (χ4v) is 4.89. The largest absolute Gasteiger partial charge is 0.493 e. The van der Waals surface area contributed by atoms with E-state index in [0.29, 0.717) is 13.0 Å². The first kappa shape index (κ1) is 31.1. The van der Waals surface area contributed by atoms with Gasteiger partial charge < -0.3 is 25.8 Å². The number of alkyl halides is 3. The van der Waals surface area contributed by atoms with Crippen molar-refractivity contribution in [2.75, 3.05) is 24.3 Å². The SMILES string of the molecule is COc1c([C@H]2C(C(=O)Nc3cc(NC(=O)CCN)nc(S(N)(=O)=O)c3)O[C@@](C)(C(F)(F)F)[C@H]2C)ccc(F)c1F. The average molecular weight is 596 g/mol. The number of halogens is 5. The molecule has 1 aliphatic rings. The molecule has 1 saturated heterocycles. The van der Waals surface area contributed by atoms with Crippen molar-refractivity contribution in [3.8, 4) is 5.75 Å². The Morgan fingerprint density at radius 2 is 1.85 bits per heavy atom. The van der Waals surface area contributed by atoms with Crippen molar-refractivity contribution in [1.82, 2.24) is 4.98 Å². The molecule has 4 atom stereocenters. The molecule has 1 aromatic carbocycles. The van der Waals surface area contributed by atoms with Gasteiger partial charge in [0.1, 0.15) is 11.9 Å². The summed E-state index contributed by atoms with van der Waals surface area (Å²) in [5.74, 6) is -8.78. The lowest BCUT2D eigenvalue weighted by Gasteiger charge is -2.32. The van der Waals surface area contributed by atoms with Crippen molar-refractivity contribution < 1.29 is 49.4 Å². The van der Waals surface area contributed by atoms with Crippen LogP contribution in [0.25, 0.3) is 0 Å². The van der Waals surface area contributed by atoms with Crippen LogP contribution < -0.4 is 26.2 Å². The van der Waals surface area contributed by atoms with Gasteiger partial charge in [-0.15, -0.1) is 0 Å². The molecule has 17 heteroatoms. The number of anilines is 2. The highest BCUT2D eigenvalue weighted by Crippen LogP contribution is 2.55. The molecule has 0 saturated carbocycles. The van der Waals surface area contributed by atoms with Crippen molar-refractivity contribution >= 4 is 33.3 Å². The third kappa shape index (κ3) is 6.01. The first-order valence-electron chi connectivity index (χ1n) is 11.6. The summed E-state index contributed by atoms with van der Waals surface area (Å²) < 4.78 is 105. The first-order chi connectivity index (χ1) is 18.4. The lowest BCUT2D eigenvalue weighted by molar-refractivity contribution is -0.272. The fraction of sp³-hybridized carbons (Fsp3) is 0.435. The molecule has 1 aromatic heterocycles. The molecule has 2 amide bonds. The molecule has 40 heavy (non-hydrogen) atoms. The maximum atomic E-state index is 14.5. The normalized spacial score (nSPS) is 23.1. The minimum Gasteiger partial charge on any atom is -0.493 e. The third-order valence-electron chi connectivity index (χ3n) is 6.57. The van der Waals surface area contributed by atoms with Crippen molar-refractivity contribution in [3.63, 3.8) is 0 Å². The van der Waals surface area contributed by atoms with Crippen LogP contribution in [0, 0.1) is 17.6 Å². The van der Waals surface area contributed by atoms with Crippen LogP contribution in [0.5, 0.6) is 5.75 Å². The topological polar surface area (TPSA) is 176 Å². The maximum absolute atomic E-state index is 14.5. The summed E-state index contributed by atoms with van der Waals surface area (Å²) >= 11 is 0. The fourth-order valence-electron chi connectivity index (χ4n) is 4.38. The zero-order valence-corrected chi connectivity index (χ0v) is 22.1. The van der Waals surface area contributed by atoms with Gasteiger partial charge in [-0.05, 0) is 13.0 Å². The summed E-state index contributed by atoms with van der Waals surface area (Å²) in [5.41, 5.74) is 1.79. The van der Waals surface area contributed by atoms with Crippen LogP contribution in [0.15, 0.2) is 29.3 Å². The Balaban J connectivity index is 2.09. The average Bonchev–Trinajstić information content (AvgIpc) is 3.12. The number of amides is 2. The molecule has 220 valence electrons. The highest BCUT2D eigenvalue weighted by molar-refractivity contribution is 7.89. The number of benzene rings is 1. The number of hydrogen-bond donors (Lipinski definition) is 4. The van der Waals surface area contributed by atoms with E-state index in [1.807, 2.05) is 0 Å². The Bertz CT molecular complexity index is 1420.